The SMILES string of the molecule is C.COC.COC.COC.CON1C(=O)c2ccccc2C1=O.CON1C(=O)c2ccccc2C1=O. The first-order chi connectivity index (χ1) is 16.7. The fraction of sp³-hybridized carbons (Fsp3) is 0.360. The maximum atomic E-state index is 11.4. The molecule has 0 aliphatic carbocycles. The normalized spacial score (nSPS) is 12.3. The smallest absolute Gasteiger partial charge is 0.285 e. The van der Waals surface area contributed by atoms with Crippen LogP contribution in [0.15, 0.2) is 48.5 Å². The lowest BCUT2D eigenvalue weighted by Gasteiger charge is -2.07. The molecule has 2 aliphatic heterocycles. The Hall–Kier alpha value is -3.48. The van der Waals surface area contributed by atoms with Crippen LogP contribution in [0.3, 0.4) is 0 Å². The summed E-state index contributed by atoms with van der Waals surface area (Å²) in [7, 11) is 12.3. The number of nitrogens with zero attached hydrogens (tertiary/aromatic N) is 2. The number of carbonyl (C=O) groups excluding carboxylic acids is 4. The topological polar surface area (TPSA) is 121 Å². The predicted octanol–water partition coefficient (Wildman–Crippen LogP) is 3.11. The van der Waals surface area contributed by atoms with Gasteiger partial charge >= 0.3 is 0 Å². The highest BCUT2D eigenvalue weighted by Crippen LogP contribution is 2.22. The first-order valence-electron chi connectivity index (χ1n) is 10.00. The lowest BCUT2D eigenvalue weighted by molar-refractivity contribution is -0.0649. The average Bonchev–Trinajstić information content (AvgIpc) is 3.25. The number of rotatable bonds is 2. The Morgan fingerprint density at radius 1 is 0.444 bits per heavy atom. The molecular weight excluding hydrogens is 472 g/mol. The third-order valence-electron chi connectivity index (χ3n) is 3.88. The maximum absolute atomic E-state index is 11.4. The minimum absolute atomic E-state index is 0. The van der Waals surface area contributed by atoms with E-state index in [0.29, 0.717) is 22.3 Å². The van der Waals surface area contributed by atoms with Gasteiger partial charge < -0.3 is 14.2 Å². The van der Waals surface area contributed by atoms with Crippen molar-refractivity contribution in [2.45, 2.75) is 7.43 Å². The Kier molecular flexibility index (Phi) is 18.1. The predicted molar refractivity (Wildman–Crippen MR) is 133 cm³/mol. The van der Waals surface area contributed by atoms with Gasteiger partial charge in [-0.15, -0.1) is 10.1 Å². The third-order valence-corrected chi connectivity index (χ3v) is 3.88. The molecule has 2 aromatic carbocycles. The average molecular weight is 509 g/mol. The summed E-state index contributed by atoms with van der Waals surface area (Å²) >= 11 is 0. The van der Waals surface area contributed by atoms with Gasteiger partial charge in [0, 0.05) is 42.7 Å². The fourth-order valence-corrected chi connectivity index (χ4v) is 2.67. The number of methoxy groups -OCH3 is 3. The van der Waals surface area contributed by atoms with Gasteiger partial charge in [0.15, 0.2) is 0 Å². The molecule has 0 N–H and O–H groups in total. The molecule has 0 unspecified atom stereocenters. The number of carbonyl (C=O) groups is 4. The van der Waals surface area contributed by atoms with Crippen molar-refractivity contribution in [3.8, 4) is 0 Å². The summed E-state index contributed by atoms with van der Waals surface area (Å²) < 4.78 is 12.8. The van der Waals surface area contributed by atoms with Crippen molar-refractivity contribution in [3.63, 3.8) is 0 Å². The Morgan fingerprint density at radius 2 is 0.611 bits per heavy atom. The summed E-state index contributed by atoms with van der Waals surface area (Å²) in [4.78, 5) is 55.0. The number of amides is 4. The van der Waals surface area contributed by atoms with Crippen molar-refractivity contribution < 1.29 is 43.1 Å². The molecular formula is C25H36N2O9. The molecule has 0 saturated carbocycles. The molecule has 36 heavy (non-hydrogen) atoms. The Labute approximate surface area is 212 Å². The Balaban J connectivity index is 0. The van der Waals surface area contributed by atoms with Gasteiger partial charge in [0.25, 0.3) is 23.6 Å². The number of hydrogen-bond donors (Lipinski definition) is 0. The van der Waals surface area contributed by atoms with Gasteiger partial charge in [-0.1, -0.05) is 31.7 Å². The van der Waals surface area contributed by atoms with Crippen LogP contribution in [0.4, 0.5) is 0 Å². The highest BCUT2D eigenvalue weighted by Gasteiger charge is 2.36. The van der Waals surface area contributed by atoms with Crippen LogP contribution in [0.5, 0.6) is 0 Å². The van der Waals surface area contributed by atoms with Gasteiger partial charge in [0.1, 0.15) is 0 Å². The van der Waals surface area contributed by atoms with Gasteiger partial charge in [-0.05, 0) is 24.3 Å². The summed E-state index contributed by atoms with van der Waals surface area (Å²) in [6.45, 7) is 0. The zero-order valence-corrected chi connectivity index (χ0v) is 21.2. The fourth-order valence-electron chi connectivity index (χ4n) is 2.67. The van der Waals surface area contributed by atoms with E-state index < -0.39 is 23.6 Å². The van der Waals surface area contributed by atoms with E-state index in [1.165, 1.54) is 14.2 Å². The Bertz CT molecular complexity index is 829. The van der Waals surface area contributed by atoms with E-state index in [-0.39, 0.29) is 7.43 Å². The van der Waals surface area contributed by atoms with Crippen LogP contribution in [0.1, 0.15) is 48.9 Å². The van der Waals surface area contributed by atoms with Crippen LogP contribution in [-0.2, 0) is 23.9 Å². The largest absolute Gasteiger partial charge is 0.388 e. The molecule has 0 bridgehead atoms. The van der Waals surface area contributed by atoms with Crippen LogP contribution < -0.4 is 0 Å². The van der Waals surface area contributed by atoms with Crippen molar-refractivity contribution in [1.29, 1.82) is 0 Å². The number of ether oxygens (including phenoxy) is 3. The highest BCUT2D eigenvalue weighted by molar-refractivity contribution is 6.21. The van der Waals surface area contributed by atoms with Crippen molar-refractivity contribution in [3.05, 3.63) is 70.8 Å². The molecule has 0 radical (unpaired) electrons. The zero-order chi connectivity index (χ0) is 27.0. The van der Waals surface area contributed by atoms with E-state index in [0.717, 1.165) is 10.1 Å². The molecule has 11 nitrogen and oxygen atoms in total. The van der Waals surface area contributed by atoms with Crippen LogP contribution in [0.2, 0.25) is 0 Å². The zero-order valence-electron chi connectivity index (χ0n) is 21.2. The lowest BCUT2D eigenvalue weighted by atomic mass is 10.1. The van der Waals surface area contributed by atoms with Gasteiger partial charge in [0.05, 0.1) is 36.5 Å². The second kappa shape index (κ2) is 18.8. The molecule has 0 aromatic heterocycles. The number of imide groups is 2. The summed E-state index contributed by atoms with van der Waals surface area (Å²) in [5, 5.41) is 1.51. The van der Waals surface area contributed by atoms with E-state index in [9.17, 15) is 19.2 Å². The number of hydroxylamine groups is 4. The molecule has 0 spiro atoms. The van der Waals surface area contributed by atoms with Crippen molar-refractivity contribution in [2.24, 2.45) is 0 Å². The van der Waals surface area contributed by atoms with Crippen molar-refractivity contribution in [2.75, 3.05) is 56.9 Å². The molecule has 2 heterocycles. The first-order valence-corrected chi connectivity index (χ1v) is 10.00. The van der Waals surface area contributed by atoms with E-state index in [2.05, 4.69) is 23.9 Å². The van der Waals surface area contributed by atoms with E-state index in [1.807, 2.05) is 0 Å². The molecule has 0 fully saturated rings. The summed E-state index contributed by atoms with van der Waals surface area (Å²) in [6, 6.07) is 13.3. The second-order valence-electron chi connectivity index (χ2n) is 6.49. The van der Waals surface area contributed by atoms with E-state index in [1.54, 1.807) is 91.2 Å². The van der Waals surface area contributed by atoms with Crippen LogP contribution >= 0.6 is 0 Å². The summed E-state index contributed by atoms with van der Waals surface area (Å²) in [5.41, 5.74) is 1.59. The molecule has 4 amide bonds. The third kappa shape index (κ3) is 8.95. The standard InChI is InChI=1S/2C9H7NO3.3C2H6O.CH4/c2*1-13-10-8(11)6-4-2-3-5-7(6)9(10)12;3*1-3-2;/h2*2-5H,1H3;3*1-2H3;1H4. The monoisotopic (exact) mass is 508 g/mol. The number of hydrogen-bond acceptors (Lipinski definition) is 9. The van der Waals surface area contributed by atoms with Gasteiger partial charge in [-0.2, -0.15) is 0 Å². The quantitative estimate of drug-likeness (QED) is 0.563. The van der Waals surface area contributed by atoms with Crippen LogP contribution in [0.25, 0.3) is 0 Å². The number of benzene rings is 2. The lowest BCUT2D eigenvalue weighted by Crippen LogP contribution is -2.28. The minimum Gasteiger partial charge on any atom is -0.388 e. The van der Waals surface area contributed by atoms with Gasteiger partial charge in [-0.25, -0.2) is 0 Å². The van der Waals surface area contributed by atoms with Crippen molar-refractivity contribution >= 4 is 23.6 Å². The van der Waals surface area contributed by atoms with Crippen LogP contribution in [-0.4, -0.2) is 90.6 Å². The minimum atomic E-state index is -0.400. The van der Waals surface area contributed by atoms with Gasteiger partial charge in [-0.3, -0.25) is 28.9 Å². The van der Waals surface area contributed by atoms with Crippen molar-refractivity contribution in [1.82, 2.24) is 10.1 Å². The number of fused-ring (bicyclic) bond motifs is 2. The molecule has 0 saturated heterocycles. The first kappa shape index (κ1) is 34.7. The molecule has 11 heteroatoms. The maximum Gasteiger partial charge on any atom is 0.285 e. The Morgan fingerprint density at radius 3 is 0.750 bits per heavy atom. The molecule has 200 valence electrons. The summed E-state index contributed by atoms with van der Waals surface area (Å²) in [6.07, 6.45) is 0. The molecule has 2 aromatic rings. The molecule has 2 aliphatic rings. The molecule has 0 atom stereocenters. The van der Waals surface area contributed by atoms with E-state index >= 15 is 0 Å². The second-order valence-corrected chi connectivity index (χ2v) is 6.49. The van der Waals surface area contributed by atoms with E-state index in [4.69, 9.17) is 0 Å². The van der Waals surface area contributed by atoms with Crippen LogP contribution in [0, 0.1) is 0 Å². The summed E-state index contributed by atoms with van der Waals surface area (Å²) in [5.74, 6) is -1.60. The highest BCUT2D eigenvalue weighted by atomic mass is 16.7. The van der Waals surface area contributed by atoms with Gasteiger partial charge in [0.2, 0.25) is 0 Å². The molecule has 4 rings (SSSR count).